The first kappa shape index (κ1) is 19.4. The Hall–Kier alpha value is -3.39. The van der Waals surface area contributed by atoms with Gasteiger partial charge in [-0.05, 0) is 43.2 Å². The first-order chi connectivity index (χ1) is 13.5. The number of nitrogens with zero attached hydrogens (tertiary/aromatic N) is 4. The van der Waals surface area contributed by atoms with E-state index in [-0.39, 0.29) is 11.6 Å². The summed E-state index contributed by atoms with van der Waals surface area (Å²) < 4.78 is 0. The number of nitrogens with one attached hydrogen (secondary N) is 1. The summed E-state index contributed by atoms with van der Waals surface area (Å²) in [5, 5.41) is 6.23. The van der Waals surface area contributed by atoms with Gasteiger partial charge in [-0.2, -0.15) is 5.10 Å². The number of carbonyl (C=O) groups excluding carboxylic acids is 2. The second-order valence-electron chi connectivity index (χ2n) is 6.04. The standard InChI is InChI=1S/C20H19N5O2S/c1-13-7-6-9-18(14(13)2)25(15(3)26)20-23-16(12-28-20)11-22-24-19(27)17-8-4-5-10-21-17/h4-12H,1-3H3,(H,24,27)/b22-11-. The van der Waals surface area contributed by atoms with Crippen LogP contribution >= 0.6 is 11.3 Å². The molecule has 0 spiro atoms. The molecule has 1 aromatic carbocycles. The van der Waals surface area contributed by atoms with Crippen LogP contribution in [-0.4, -0.2) is 28.0 Å². The lowest BCUT2D eigenvalue weighted by Crippen LogP contribution is -2.23. The van der Waals surface area contributed by atoms with Crippen LogP contribution in [0.15, 0.2) is 53.1 Å². The van der Waals surface area contributed by atoms with E-state index in [2.05, 4.69) is 20.5 Å². The summed E-state index contributed by atoms with van der Waals surface area (Å²) in [6.45, 7) is 5.48. The summed E-state index contributed by atoms with van der Waals surface area (Å²) in [5.74, 6) is -0.539. The highest BCUT2D eigenvalue weighted by atomic mass is 32.1. The Bertz CT molecular complexity index is 1030. The van der Waals surface area contributed by atoms with Gasteiger partial charge >= 0.3 is 0 Å². The number of rotatable bonds is 5. The molecule has 0 bridgehead atoms. The van der Waals surface area contributed by atoms with E-state index in [1.54, 1.807) is 28.5 Å². The molecule has 3 rings (SSSR count). The molecule has 7 nitrogen and oxygen atoms in total. The topological polar surface area (TPSA) is 87.5 Å². The second-order valence-corrected chi connectivity index (χ2v) is 6.88. The van der Waals surface area contributed by atoms with E-state index < -0.39 is 5.91 Å². The van der Waals surface area contributed by atoms with E-state index in [9.17, 15) is 9.59 Å². The molecule has 0 saturated heterocycles. The normalized spacial score (nSPS) is 10.8. The predicted molar refractivity (Wildman–Crippen MR) is 110 cm³/mol. The number of aromatic nitrogens is 2. The van der Waals surface area contributed by atoms with Crippen LogP contribution in [-0.2, 0) is 4.79 Å². The monoisotopic (exact) mass is 393 g/mol. The average Bonchev–Trinajstić information content (AvgIpc) is 3.14. The minimum atomic E-state index is -0.409. The van der Waals surface area contributed by atoms with Crippen LogP contribution in [0.25, 0.3) is 0 Å². The zero-order valence-corrected chi connectivity index (χ0v) is 16.5. The van der Waals surface area contributed by atoms with Crippen LogP contribution in [0.1, 0.15) is 34.2 Å². The number of benzene rings is 1. The van der Waals surface area contributed by atoms with Crippen LogP contribution in [0.5, 0.6) is 0 Å². The van der Waals surface area contributed by atoms with Crippen molar-refractivity contribution >= 4 is 40.2 Å². The Morgan fingerprint density at radius 2 is 2.00 bits per heavy atom. The van der Waals surface area contributed by atoms with Crippen LogP contribution < -0.4 is 10.3 Å². The minimum Gasteiger partial charge on any atom is -0.274 e. The maximum Gasteiger partial charge on any atom is 0.289 e. The van der Waals surface area contributed by atoms with E-state index in [0.717, 1.165) is 16.8 Å². The lowest BCUT2D eigenvalue weighted by molar-refractivity contribution is -0.115. The van der Waals surface area contributed by atoms with Gasteiger partial charge in [0.15, 0.2) is 5.13 Å². The van der Waals surface area contributed by atoms with Crippen molar-refractivity contribution in [2.24, 2.45) is 5.10 Å². The van der Waals surface area contributed by atoms with Crippen LogP contribution in [0.3, 0.4) is 0 Å². The van der Waals surface area contributed by atoms with Crippen LogP contribution in [0.4, 0.5) is 10.8 Å². The SMILES string of the molecule is CC(=O)N(c1nc(/C=N\NC(=O)c2ccccn2)cs1)c1cccc(C)c1C. The van der Waals surface area contributed by atoms with Crippen molar-refractivity contribution in [2.45, 2.75) is 20.8 Å². The number of amides is 2. The lowest BCUT2D eigenvalue weighted by Gasteiger charge is -2.21. The maximum absolute atomic E-state index is 12.3. The quantitative estimate of drug-likeness (QED) is 0.530. The zero-order chi connectivity index (χ0) is 20.1. The molecule has 2 aromatic heterocycles. The van der Waals surface area contributed by atoms with Crippen molar-refractivity contribution in [1.82, 2.24) is 15.4 Å². The third-order valence-electron chi connectivity index (χ3n) is 4.09. The fraction of sp³-hybridized carbons (Fsp3) is 0.150. The van der Waals surface area contributed by atoms with Crippen molar-refractivity contribution in [1.29, 1.82) is 0 Å². The van der Waals surface area contributed by atoms with Crippen LogP contribution in [0.2, 0.25) is 0 Å². The number of hydrogen-bond acceptors (Lipinski definition) is 6. The number of hydrazone groups is 1. The highest BCUT2D eigenvalue weighted by Gasteiger charge is 2.20. The Morgan fingerprint density at radius 3 is 2.71 bits per heavy atom. The Kier molecular flexibility index (Phi) is 5.90. The van der Waals surface area contributed by atoms with Gasteiger partial charge in [-0.15, -0.1) is 11.3 Å². The van der Waals surface area contributed by atoms with Gasteiger partial charge in [0.2, 0.25) is 5.91 Å². The van der Waals surface area contributed by atoms with Gasteiger partial charge in [-0.25, -0.2) is 10.4 Å². The number of hydrogen-bond donors (Lipinski definition) is 1. The average molecular weight is 393 g/mol. The first-order valence-corrected chi connectivity index (χ1v) is 9.42. The Morgan fingerprint density at radius 1 is 1.18 bits per heavy atom. The summed E-state index contributed by atoms with van der Waals surface area (Å²) in [6.07, 6.45) is 2.97. The van der Waals surface area contributed by atoms with Crippen LogP contribution in [0, 0.1) is 13.8 Å². The number of anilines is 2. The van der Waals surface area contributed by atoms with Gasteiger partial charge in [0, 0.05) is 18.5 Å². The lowest BCUT2D eigenvalue weighted by atomic mass is 10.1. The molecule has 0 saturated carbocycles. The molecule has 8 heteroatoms. The molecule has 0 radical (unpaired) electrons. The summed E-state index contributed by atoms with van der Waals surface area (Å²) in [4.78, 5) is 34.2. The molecule has 0 aliphatic rings. The molecule has 0 aliphatic carbocycles. The van der Waals surface area contributed by atoms with Gasteiger partial charge in [0.25, 0.3) is 5.91 Å². The molecule has 0 fully saturated rings. The van der Waals surface area contributed by atoms with Crippen molar-refractivity contribution in [3.05, 3.63) is 70.5 Å². The second kappa shape index (κ2) is 8.53. The Labute approximate surface area is 166 Å². The van der Waals surface area contributed by atoms with Crippen molar-refractivity contribution in [2.75, 3.05) is 4.90 Å². The fourth-order valence-electron chi connectivity index (χ4n) is 2.53. The number of carbonyl (C=O) groups is 2. The van der Waals surface area contributed by atoms with Gasteiger partial charge < -0.3 is 0 Å². The van der Waals surface area contributed by atoms with E-state index in [4.69, 9.17) is 0 Å². The molecular formula is C20H19N5O2S. The summed E-state index contributed by atoms with van der Waals surface area (Å²) >= 11 is 1.33. The van der Waals surface area contributed by atoms with Crippen molar-refractivity contribution in [3.8, 4) is 0 Å². The third kappa shape index (κ3) is 4.29. The van der Waals surface area contributed by atoms with Gasteiger partial charge in [0.05, 0.1) is 17.6 Å². The Balaban J connectivity index is 1.77. The molecule has 0 unspecified atom stereocenters. The molecule has 0 aliphatic heterocycles. The smallest absolute Gasteiger partial charge is 0.274 e. The first-order valence-electron chi connectivity index (χ1n) is 8.54. The van der Waals surface area contributed by atoms with Gasteiger partial charge in [-0.1, -0.05) is 18.2 Å². The number of aryl methyl sites for hydroxylation is 1. The number of pyridine rings is 1. The summed E-state index contributed by atoms with van der Waals surface area (Å²) in [6, 6.07) is 10.9. The third-order valence-corrected chi connectivity index (χ3v) is 4.94. The largest absolute Gasteiger partial charge is 0.289 e. The number of thiazole rings is 1. The van der Waals surface area contributed by atoms with Crippen molar-refractivity contribution < 1.29 is 9.59 Å². The molecular weight excluding hydrogens is 374 g/mol. The molecule has 142 valence electrons. The van der Waals surface area contributed by atoms with Gasteiger partial charge in [-0.3, -0.25) is 19.5 Å². The highest BCUT2D eigenvalue weighted by molar-refractivity contribution is 7.14. The predicted octanol–water partition coefficient (Wildman–Crippen LogP) is 3.60. The molecule has 2 amide bonds. The summed E-state index contributed by atoms with van der Waals surface area (Å²) in [5.41, 5.74) is 6.14. The van der Waals surface area contributed by atoms with E-state index >= 15 is 0 Å². The van der Waals surface area contributed by atoms with Crippen molar-refractivity contribution in [3.63, 3.8) is 0 Å². The molecule has 3 aromatic rings. The fourth-order valence-corrected chi connectivity index (χ4v) is 3.36. The maximum atomic E-state index is 12.3. The molecule has 1 N–H and O–H groups in total. The van der Waals surface area contributed by atoms with E-state index in [1.807, 2.05) is 32.0 Å². The molecule has 2 heterocycles. The minimum absolute atomic E-state index is 0.130. The molecule has 0 atom stereocenters. The summed E-state index contributed by atoms with van der Waals surface area (Å²) in [7, 11) is 0. The molecule has 28 heavy (non-hydrogen) atoms. The van der Waals surface area contributed by atoms with E-state index in [0.29, 0.717) is 10.8 Å². The highest BCUT2D eigenvalue weighted by Crippen LogP contribution is 2.32. The van der Waals surface area contributed by atoms with E-state index in [1.165, 1.54) is 30.7 Å². The van der Waals surface area contributed by atoms with Gasteiger partial charge in [0.1, 0.15) is 5.69 Å². The zero-order valence-electron chi connectivity index (χ0n) is 15.7.